The first-order valence-corrected chi connectivity index (χ1v) is 11.0. The smallest absolute Gasteiger partial charge is 0.550 e. The fourth-order valence-corrected chi connectivity index (χ4v) is 3.35. The van der Waals surface area contributed by atoms with Crippen molar-refractivity contribution in [1.29, 1.82) is 0 Å². The van der Waals surface area contributed by atoms with Gasteiger partial charge in [0.25, 0.3) is 0 Å². The van der Waals surface area contributed by atoms with Crippen molar-refractivity contribution in [1.82, 2.24) is 0 Å². The molecule has 0 bridgehead atoms. The Hall–Kier alpha value is 0.976. The third-order valence-electron chi connectivity index (χ3n) is 4.98. The molecule has 0 amide bonds. The van der Waals surface area contributed by atoms with E-state index in [-0.39, 0.29) is 51.9 Å². The monoisotopic (exact) mass is 470 g/mol. The largest absolute Gasteiger partial charge is 2.00 e. The van der Waals surface area contributed by atoms with Crippen LogP contribution in [0.4, 0.5) is 0 Å². The van der Waals surface area contributed by atoms with E-state index in [0.717, 1.165) is 12.8 Å². The third-order valence-corrected chi connectivity index (χ3v) is 4.98. The topological polar surface area (TPSA) is 40.1 Å². The van der Waals surface area contributed by atoms with Gasteiger partial charge in [-0.2, -0.15) is 0 Å². The Labute approximate surface area is 195 Å². The van der Waals surface area contributed by atoms with E-state index in [1.807, 2.05) is 0 Å². The maximum atomic E-state index is 10.3. The summed E-state index contributed by atoms with van der Waals surface area (Å²) >= 11 is 0. The van der Waals surface area contributed by atoms with Crippen LogP contribution in [0.5, 0.6) is 0 Å². The van der Waals surface area contributed by atoms with Gasteiger partial charge in [0.15, 0.2) is 0 Å². The standard InChI is InChI=1S/C22H44O2.Ag.Mg/c1-2-3-4-5-6-7-8-9-10-11-12-13-14-15-16-17-18-19-20-21-22(23)24;;/h2-21H2,1H3,(H,23,24);;/q;+1;+2/p-1. The summed E-state index contributed by atoms with van der Waals surface area (Å²) in [5.41, 5.74) is 0. The second-order valence-electron chi connectivity index (χ2n) is 7.49. The van der Waals surface area contributed by atoms with Crippen molar-refractivity contribution in [2.24, 2.45) is 0 Å². The van der Waals surface area contributed by atoms with Crippen LogP contribution in [0.1, 0.15) is 135 Å². The fraction of sp³-hybridized carbons (Fsp3) is 0.955. The van der Waals surface area contributed by atoms with Gasteiger partial charge in [0.1, 0.15) is 0 Å². The molecule has 4 heteroatoms. The minimum absolute atomic E-state index is 0. The zero-order valence-electron chi connectivity index (χ0n) is 17.5. The molecule has 154 valence electrons. The quantitative estimate of drug-likeness (QED) is 0.157. The average Bonchev–Trinajstić information content (AvgIpc) is 2.56. The van der Waals surface area contributed by atoms with Crippen LogP contribution in [0.3, 0.4) is 0 Å². The van der Waals surface area contributed by atoms with Gasteiger partial charge in [0.05, 0.1) is 0 Å². The molecule has 26 heavy (non-hydrogen) atoms. The van der Waals surface area contributed by atoms with E-state index < -0.39 is 5.97 Å². The molecule has 2 nitrogen and oxygen atoms in total. The maximum Gasteiger partial charge on any atom is 2.00 e. The van der Waals surface area contributed by atoms with E-state index in [4.69, 9.17) is 0 Å². The number of carboxylic acid groups (broad SMARTS) is 1. The molecule has 0 N–H and O–H groups in total. The molecule has 0 aliphatic carbocycles. The molecule has 0 rings (SSSR count). The number of hydrogen-bond acceptors (Lipinski definition) is 2. The van der Waals surface area contributed by atoms with Crippen LogP contribution in [0.15, 0.2) is 0 Å². The minimum atomic E-state index is -0.901. The van der Waals surface area contributed by atoms with E-state index in [1.165, 1.54) is 109 Å². The number of carboxylic acids is 1. The van der Waals surface area contributed by atoms with Gasteiger partial charge < -0.3 is 9.90 Å². The zero-order valence-corrected chi connectivity index (χ0v) is 20.4. The Morgan fingerprint density at radius 3 is 1.00 bits per heavy atom. The summed E-state index contributed by atoms with van der Waals surface area (Å²) in [5, 5.41) is 10.3. The van der Waals surface area contributed by atoms with Crippen molar-refractivity contribution in [3.05, 3.63) is 0 Å². The van der Waals surface area contributed by atoms with E-state index in [9.17, 15) is 9.90 Å². The summed E-state index contributed by atoms with van der Waals surface area (Å²) < 4.78 is 0. The molecular formula is C22H43AgMgO2+2. The van der Waals surface area contributed by atoms with Crippen LogP contribution in [0, 0.1) is 0 Å². The Morgan fingerprint density at radius 2 is 0.769 bits per heavy atom. The molecule has 0 unspecified atom stereocenters. The Kier molecular flexibility index (Phi) is 34.3. The molecule has 0 saturated heterocycles. The van der Waals surface area contributed by atoms with Gasteiger partial charge in [0, 0.05) is 5.97 Å². The van der Waals surface area contributed by atoms with Crippen molar-refractivity contribution < 1.29 is 32.3 Å². The number of carbonyl (C=O) groups is 1. The van der Waals surface area contributed by atoms with Gasteiger partial charge in [0.2, 0.25) is 0 Å². The normalized spacial score (nSPS) is 10.2. The van der Waals surface area contributed by atoms with E-state index in [2.05, 4.69) is 6.92 Å². The summed E-state index contributed by atoms with van der Waals surface area (Å²) in [4.78, 5) is 10.3. The Balaban J connectivity index is -0.00000264. The Bertz CT molecular complexity index is 263. The van der Waals surface area contributed by atoms with Gasteiger partial charge in [-0.3, -0.25) is 0 Å². The molecule has 0 spiro atoms. The predicted molar refractivity (Wildman–Crippen MR) is 109 cm³/mol. The van der Waals surface area contributed by atoms with Crippen LogP contribution in [0.2, 0.25) is 0 Å². The molecule has 0 fully saturated rings. The Morgan fingerprint density at radius 1 is 0.538 bits per heavy atom. The summed E-state index contributed by atoms with van der Waals surface area (Å²) in [6.45, 7) is 2.28. The number of carbonyl (C=O) groups excluding carboxylic acids is 1. The molecule has 0 aliphatic heterocycles. The van der Waals surface area contributed by atoms with Crippen LogP contribution >= 0.6 is 0 Å². The van der Waals surface area contributed by atoms with Crippen molar-refractivity contribution >= 4 is 29.0 Å². The molecule has 0 radical (unpaired) electrons. The molecule has 0 aromatic carbocycles. The molecule has 0 heterocycles. The molecule has 0 atom stereocenters. The third kappa shape index (κ3) is 29.7. The van der Waals surface area contributed by atoms with Gasteiger partial charge in [-0.25, -0.2) is 0 Å². The van der Waals surface area contributed by atoms with E-state index in [1.54, 1.807) is 0 Å². The van der Waals surface area contributed by atoms with E-state index >= 15 is 0 Å². The maximum absolute atomic E-state index is 10.3. The summed E-state index contributed by atoms with van der Waals surface area (Å²) in [7, 11) is 0. The van der Waals surface area contributed by atoms with Crippen LogP contribution in [0.25, 0.3) is 0 Å². The predicted octanol–water partition coefficient (Wildman–Crippen LogP) is 6.17. The van der Waals surface area contributed by atoms with Gasteiger partial charge in [-0.05, 0) is 12.8 Å². The molecule has 0 saturated carbocycles. The first-order valence-electron chi connectivity index (χ1n) is 11.0. The van der Waals surface area contributed by atoms with Crippen molar-refractivity contribution in [3.8, 4) is 0 Å². The van der Waals surface area contributed by atoms with Crippen LogP contribution in [-0.2, 0) is 27.2 Å². The van der Waals surface area contributed by atoms with Gasteiger partial charge >= 0.3 is 45.4 Å². The number of hydrogen-bond donors (Lipinski definition) is 0. The molecule has 0 aromatic heterocycles. The van der Waals surface area contributed by atoms with Crippen molar-refractivity contribution in [2.75, 3.05) is 0 Å². The molecule has 0 aliphatic rings. The number of unbranched alkanes of at least 4 members (excludes halogenated alkanes) is 18. The van der Waals surface area contributed by atoms with Gasteiger partial charge in [-0.1, -0.05) is 122 Å². The van der Waals surface area contributed by atoms with Crippen molar-refractivity contribution in [2.45, 2.75) is 135 Å². The van der Waals surface area contributed by atoms with E-state index in [0.29, 0.717) is 0 Å². The molecular weight excluding hydrogens is 428 g/mol. The van der Waals surface area contributed by atoms with Gasteiger partial charge in [-0.15, -0.1) is 0 Å². The SMILES string of the molecule is CCCCCCCCCCCCCCCCCCCCCC(=O)[O-].[Ag+].[Mg+2]. The average molecular weight is 472 g/mol. The van der Waals surface area contributed by atoms with Crippen LogP contribution in [-0.4, -0.2) is 29.0 Å². The summed E-state index contributed by atoms with van der Waals surface area (Å²) in [5.74, 6) is -0.901. The second kappa shape index (κ2) is 28.2. The first kappa shape index (κ1) is 31.7. The summed E-state index contributed by atoms with van der Waals surface area (Å²) in [6.07, 6.45) is 25.7. The zero-order chi connectivity index (χ0) is 17.7. The number of aliphatic carboxylic acids is 1. The molecule has 0 aromatic rings. The summed E-state index contributed by atoms with van der Waals surface area (Å²) in [6, 6.07) is 0. The number of rotatable bonds is 20. The second-order valence-corrected chi connectivity index (χ2v) is 7.49. The fourth-order valence-electron chi connectivity index (χ4n) is 3.35. The minimum Gasteiger partial charge on any atom is -0.550 e. The van der Waals surface area contributed by atoms with Crippen molar-refractivity contribution in [3.63, 3.8) is 0 Å². The first-order chi connectivity index (χ1) is 11.8. The van der Waals surface area contributed by atoms with Crippen LogP contribution < -0.4 is 5.11 Å².